The monoisotopic (exact) mass is 233 g/mol. The average molecular weight is 233 g/mol. The summed E-state index contributed by atoms with van der Waals surface area (Å²) in [6, 6.07) is 8.72. The summed E-state index contributed by atoms with van der Waals surface area (Å²) in [4.78, 5) is 13.4. The average Bonchev–Trinajstić information content (AvgIpc) is 2.38. The number of nitrogens with one attached hydrogen (secondary N) is 2. The molecule has 17 heavy (non-hydrogen) atoms. The molecule has 1 atom stereocenters. The van der Waals surface area contributed by atoms with E-state index >= 15 is 0 Å². The van der Waals surface area contributed by atoms with Crippen molar-refractivity contribution in [2.24, 2.45) is 0 Å². The number of carbonyl (C=O) groups excluding carboxylic acids is 1. The lowest BCUT2D eigenvalue weighted by Crippen LogP contribution is -2.45. The molecule has 1 aromatic rings. The summed E-state index contributed by atoms with van der Waals surface area (Å²) in [5, 5.41) is 6.06. The van der Waals surface area contributed by atoms with Crippen LogP contribution in [0.3, 0.4) is 0 Å². The first-order valence-electron chi connectivity index (χ1n) is 5.93. The summed E-state index contributed by atoms with van der Waals surface area (Å²) in [6.45, 7) is 1.34. The number of benzene rings is 1. The number of hydrogen-bond acceptors (Lipinski definition) is 3. The van der Waals surface area contributed by atoms with E-state index in [-0.39, 0.29) is 5.91 Å². The van der Waals surface area contributed by atoms with Crippen LogP contribution in [0.15, 0.2) is 24.3 Å². The van der Waals surface area contributed by atoms with Crippen molar-refractivity contribution in [3.63, 3.8) is 0 Å². The smallest absolute Gasteiger partial charge is 0.233 e. The van der Waals surface area contributed by atoms with Crippen molar-refractivity contribution in [1.29, 1.82) is 0 Å². The molecule has 2 N–H and O–H groups in total. The molecule has 1 heterocycles. The lowest BCUT2D eigenvalue weighted by Gasteiger charge is -2.32. The maximum atomic E-state index is 11.3. The molecule has 0 radical (unpaired) electrons. The fraction of sp³-hybridized carbons (Fsp3) is 0.462. The summed E-state index contributed by atoms with van der Waals surface area (Å²) >= 11 is 0. The number of fused-ring (bicyclic) bond motifs is 1. The predicted octanol–water partition coefficient (Wildman–Crippen LogP) is 0.701. The van der Waals surface area contributed by atoms with Crippen LogP contribution in [0.1, 0.15) is 5.56 Å². The Morgan fingerprint density at radius 3 is 3.06 bits per heavy atom. The fourth-order valence-electron chi connectivity index (χ4n) is 2.17. The normalized spacial score (nSPS) is 18.4. The zero-order valence-corrected chi connectivity index (χ0v) is 10.4. The van der Waals surface area contributed by atoms with Gasteiger partial charge in [0, 0.05) is 25.3 Å². The lowest BCUT2D eigenvalue weighted by molar-refractivity contribution is -0.121. The zero-order chi connectivity index (χ0) is 12.3. The topological polar surface area (TPSA) is 44.4 Å². The number of hydrogen-bond donors (Lipinski definition) is 2. The summed E-state index contributed by atoms with van der Waals surface area (Å²) in [7, 11) is 3.67. The minimum Gasteiger partial charge on any atom is -0.383 e. The SMILES string of the molecule is CNC(=O)CN(C)C1CNc2ccccc2C1. The van der Waals surface area contributed by atoms with E-state index in [2.05, 4.69) is 33.7 Å². The Morgan fingerprint density at radius 1 is 1.53 bits per heavy atom. The Labute approximate surface area is 102 Å². The Balaban J connectivity index is 2.00. The van der Waals surface area contributed by atoms with Crippen molar-refractivity contribution >= 4 is 11.6 Å². The van der Waals surface area contributed by atoms with E-state index in [1.807, 2.05) is 13.1 Å². The van der Waals surface area contributed by atoms with Gasteiger partial charge in [-0.1, -0.05) is 18.2 Å². The molecule has 0 aromatic heterocycles. The molecule has 1 unspecified atom stereocenters. The van der Waals surface area contributed by atoms with Crippen molar-refractivity contribution in [1.82, 2.24) is 10.2 Å². The molecule has 4 heteroatoms. The highest BCUT2D eigenvalue weighted by Crippen LogP contribution is 2.22. The van der Waals surface area contributed by atoms with Crippen molar-refractivity contribution in [3.8, 4) is 0 Å². The Hall–Kier alpha value is -1.55. The van der Waals surface area contributed by atoms with Crippen molar-refractivity contribution in [2.75, 3.05) is 32.5 Å². The van der Waals surface area contributed by atoms with E-state index in [9.17, 15) is 4.79 Å². The van der Waals surface area contributed by atoms with Crippen molar-refractivity contribution < 1.29 is 4.79 Å². The van der Waals surface area contributed by atoms with Crippen LogP contribution in [0.4, 0.5) is 5.69 Å². The van der Waals surface area contributed by atoms with Crippen LogP contribution in [0.25, 0.3) is 0 Å². The fourth-order valence-corrected chi connectivity index (χ4v) is 2.17. The molecule has 0 bridgehead atoms. The lowest BCUT2D eigenvalue weighted by atomic mass is 9.99. The molecular weight excluding hydrogens is 214 g/mol. The van der Waals surface area contributed by atoms with Crippen LogP contribution in [-0.2, 0) is 11.2 Å². The molecule has 0 saturated heterocycles. The second-order valence-electron chi connectivity index (χ2n) is 4.48. The highest BCUT2D eigenvalue weighted by Gasteiger charge is 2.22. The summed E-state index contributed by atoms with van der Waals surface area (Å²) < 4.78 is 0. The van der Waals surface area contributed by atoms with Gasteiger partial charge >= 0.3 is 0 Å². The molecule has 0 aliphatic carbocycles. The molecule has 2 rings (SSSR count). The Bertz CT molecular complexity index is 405. The number of para-hydroxylation sites is 1. The minimum absolute atomic E-state index is 0.0614. The number of rotatable bonds is 3. The van der Waals surface area contributed by atoms with E-state index in [0.29, 0.717) is 12.6 Å². The quantitative estimate of drug-likeness (QED) is 0.808. The van der Waals surface area contributed by atoms with Crippen LogP contribution in [0.5, 0.6) is 0 Å². The number of amides is 1. The maximum absolute atomic E-state index is 11.3. The molecule has 92 valence electrons. The van der Waals surface area contributed by atoms with Gasteiger partial charge in [0.15, 0.2) is 0 Å². The van der Waals surface area contributed by atoms with Crippen LogP contribution < -0.4 is 10.6 Å². The van der Waals surface area contributed by atoms with Crippen LogP contribution >= 0.6 is 0 Å². The third-order valence-electron chi connectivity index (χ3n) is 3.30. The molecule has 1 aliphatic rings. The minimum atomic E-state index is 0.0614. The van der Waals surface area contributed by atoms with Gasteiger partial charge in [-0.2, -0.15) is 0 Å². The number of carbonyl (C=O) groups is 1. The molecule has 0 spiro atoms. The first-order valence-corrected chi connectivity index (χ1v) is 5.93. The summed E-state index contributed by atoms with van der Waals surface area (Å²) in [5.41, 5.74) is 2.55. The third-order valence-corrected chi connectivity index (χ3v) is 3.30. The Morgan fingerprint density at radius 2 is 2.29 bits per heavy atom. The molecule has 0 fully saturated rings. The van der Waals surface area contributed by atoms with Gasteiger partial charge in [-0.25, -0.2) is 0 Å². The van der Waals surface area contributed by atoms with Gasteiger partial charge < -0.3 is 10.6 Å². The van der Waals surface area contributed by atoms with Crippen molar-refractivity contribution in [2.45, 2.75) is 12.5 Å². The predicted molar refractivity (Wildman–Crippen MR) is 69.1 cm³/mol. The maximum Gasteiger partial charge on any atom is 0.233 e. The van der Waals surface area contributed by atoms with Gasteiger partial charge in [0.25, 0.3) is 0 Å². The van der Waals surface area contributed by atoms with E-state index in [0.717, 1.165) is 13.0 Å². The van der Waals surface area contributed by atoms with Crippen LogP contribution in [-0.4, -0.2) is 44.0 Å². The van der Waals surface area contributed by atoms with Crippen molar-refractivity contribution in [3.05, 3.63) is 29.8 Å². The highest BCUT2D eigenvalue weighted by molar-refractivity contribution is 5.77. The largest absolute Gasteiger partial charge is 0.383 e. The zero-order valence-electron chi connectivity index (χ0n) is 10.4. The molecule has 0 saturated carbocycles. The van der Waals surface area contributed by atoms with Crippen LogP contribution in [0.2, 0.25) is 0 Å². The molecule has 1 aliphatic heterocycles. The molecule has 4 nitrogen and oxygen atoms in total. The second-order valence-corrected chi connectivity index (χ2v) is 4.48. The van der Waals surface area contributed by atoms with Gasteiger partial charge in [0.1, 0.15) is 0 Å². The highest BCUT2D eigenvalue weighted by atomic mass is 16.1. The Kier molecular flexibility index (Phi) is 3.64. The second kappa shape index (κ2) is 5.19. The molecule has 1 aromatic carbocycles. The standard InChI is InChI=1S/C13H19N3O/c1-14-13(17)9-16(2)11-7-10-5-3-4-6-12(10)15-8-11/h3-6,11,15H,7-9H2,1-2H3,(H,14,17). The number of likely N-dealkylation sites (N-methyl/N-ethyl adjacent to an activating group) is 2. The van der Waals surface area contributed by atoms with E-state index < -0.39 is 0 Å². The van der Waals surface area contributed by atoms with Gasteiger partial charge in [0.05, 0.1) is 6.54 Å². The van der Waals surface area contributed by atoms with E-state index in [4.69, 9.17) is 0 Å². The van der Waals surface area contributed by atoms with Gasteiger partial charge in [-0.3, -0.25) is 9.69 Å². The first kappa shape index (κ1) is 11.9. The first-order chi connectivity index (χ1) is 8.20. The number of nitrogens with zero attached hydrogens (tertiary/aromatic N) is 1. The van der Waals surface area contributed by atoms with Crippen LogP contribution in [0, 0.1) is 0 Å². The van der Waals surface area contributed by atoms with E-state index in [1.54, 1.807) is 7.05 Å². The van der Waals surface area contributed by atoms with E-state index in [1.165, 1.54) is 11.3 Å². The number of anilines is 1. The van der Waals surface area contributed by atoms with Gasteiger partial charge in [-0.05, 0) is 25.1 Å². The molecular formula is C13H19N3O. The summed E-state index contributed by atoms with van der Waals surface area (Å²) in [6.07, 6.45) is 0.997. The summed E-state index contributed by atoms with van der Waals surface area (Å²) in [5.74, 6) is 0.0614. The third kappa shape index (κ3) is 2.77. The van der Waals surface area contributed by atoms with Gasteiger partial charge in [-0.15, -0.1) is 0 Å². The molecule has 1 amide bonds. The van der Waals surface area contributed by atoms with Gasteiger partial charge in [0.2, 0.25) is 5.91 Å².